The second kappa shape index (κ2) is 8.17. The van der Waals surface area contributed by atoms with Crippen molar-refractivity contribution < 1.29 is 9.59 Å². The van der Waals surface area contributed by atoms with E-state index in [0.717, 1.165) is 25.8 Å². The van der Waals surface area contributed by atoms with Crippen LogP contribution in [0.2, 0.25) is 0 Å². The molecule has 162 valence electrons. The van der Waals surface area contributed by atoms with Gasteiger partial charge in [0.2, 0.25) is 11.9 Å². The Labute approximate surface area is 182 Å². The van der Waals surface area contributed by atoms with E-state index in [-0.39, 0.29) is 29.3 Å². The number of rotatable bonds is 4. The summed E-state index contributed by atoms with van der Waals surface area (Å²) in [4.78, 5) is 38.1. The zero-order valence-corrected chi connectivity index (χ0v) is 17.5. The van der Waals surface area contributed by atoms with Gasteiger partial charge < -0.3 is 20.4 Å². The number of urea groups is 1. The van der Waals surface area contributed by atoms with E-state index in [1.54, 1.807) is 18.5 Å². The minimum Gasteiger partial charge on any atom is -0.350 e. The first-order valence-corrected chi connectivity index (χ1v) is 11.1. The number of nitrogens with zero attached hydrogens (tertiary/aromatic N) is 4. The van der Waals surface area contributed by atoms with Crippen LogP contribution in [-0.2, 0) is 11.2 Å². The van der Waals surface area contributed by atoms with Crippen molar-refractivity contribution in [2.45, 2.75) is 24.8 Å². The molecule has 2 atom stereocenters. The molecule has 3 amide bonds. The van der Waals surface area contributed by atoms with E-state index in [0.29, 0.717) is 32.1 Å². The average Bonchev–Trinajstić information content (AvgIpc) is 3.36. The summed E-state index contributed by atoms with van der Waals surface area (Å²) in [6, 6.07) is 11.9. The van der Waals surface area contributed by atoms with Crippen molar-refractivity contribution in [2.75, 3.05) is 37.6 Å². The summed E-state index contributed by atoms with van der Waals surface area (Å²) >= 11 is 0. The number of hydrogen-bond acceptors (Lipinski definition) is 5. The van der Waals surface area contributed by atoms with Crippen molar-refractivity contribution in [2.24, 2.45) is 11.8 Å². The molecule has 5 rings (SSSR count). The third-order valence-electron chi connectivity index (χ3n) is 7.05. The Morgan fingerprint density at radius 3 is 2.58 bits per heavy atom. The first kappa shape index (κ1) is 19.8. The Balaban J connectivity index is 1.17. The number of aromatic nitrogens is 2. The highest BCUT2D eigenvalue weighted by Crippen LogP contribution is 2.44. The molecule has 1 spiro atoms. The molecule has 3 aliphatic rings. The van der Waals surface area contributed by atoms with Crippen LogP contribution in [0.15, 0.2) is 48.8 Å². The lowest BCUT2D eigenvalue weighted by Gasteiger charge is -2.42. The third-order valence-corrected chi connectivity index (χ3v) is 7.05. The zero-order valence-electron chi connectivity index (χ0n) is 17.5. The molecule has 31 heavy (non-hydrogen) atoms. The molecule has 3 saturated heterocycles. The fourth-order valence-corrected chi connectivity index (χ4v) is 5.35. The summed E-state index contributed by atoms with van der Waals surface area (Å²) in [6.07, 6.45) is 5.87. The molecule has 1 aromatic carbocycles. The molecule has 0 radical (unpaired) electrons. The van der Waals surface area contributed by atoms with Crippen molar-refractivity contribution in [3.63, 3.8) is 0 Å². The maximum absolute atomic E-state index is 12.7. The minimum absolute atomic E-state index is 0.0163. The van der Waals surface area contributed by atoms with Crippen LogP contribution >= 0.6 is 0 Å². The van der Waals surface area contributed by atoms with Crippen LogP contribution in [0.3, 0.4) is 0 Å². The van der Waals surface area contributed by atoms with Crippen LogP contribution in [0.25, 0.3) is 0 Å². The Morgan fingerprint density at radius 1 is 1.10 bits per heavy atom. The van der Waals surface area contributed by atoms with Crippen LogP contribution in [0.5, 0.6) is 0 Å². The van der Waals surface area contributed by atoms with Gasteiger partial charge in [0.05, 0.1) is 5.92 Å². The van der Waals surface area contributed by atoms with Crippen LogP contribution in [0.1, 0.15) is 18.4 Å². The predicted octanol–water partition coefficient (Wildman–Crippen LogP) is 1.45. The second-order valence-corrected chi connectivity index (χ2v) is 8.77. The van der Waals surface area contributed by atoms with Crippen LogP contribution in [-0.4, -0.2) is 65.1 Å². The third kappa shape index (κ3) is 3.82. The van der Waals surface area contributed by atoms with Crippen LogP contribution < -0.4 is 15.5 Å². The topological polar surface area (TPSA) is 90.5 Å². The smallest absolute Gasteiger partial charge is 0.317 e. The molecule has 8 heteroatoms. The van der Waals surface area contributed by atoms with Gasteiger partial charge in [-0.1, -0.05) is 30.3 Å². The molecular formula is C23H28N6O2. The van der Waals surface area contributed by atoms with Crippen LogP contribution in [0, 0.1) is 11.8 Å². The minimum atomic E-state index is -0.230. The fourth-order valence-electron chi connectivity index (χ4n) is 5.35. The van der Waals surface area contributed by atoms with Gasteiger partial charge in [-0.05, 0) is 30.9 Å². The van der Waals surface area contributed by atoms with Crippen molar-refractivity contribution in [3.8, 4) is 0 Å². The normalized spacial score (nSPS) is 24.2. The molecule has 3 fully saturated rings. The largest absolute Gasteiger partial charge is 0.350 e. The molecule has 0 bridgehead atoms. The number of nitrogens with one attached hydrogen (secondary N) is 2. The van der Waals surface area contributed by atoms with Gasteiger partial charge in [-0.2, -0.15) is 0 Å². The number of carbonyl (C=O) groups excluding carboxylic acids is 2. The van der Waals surface area contributed by atoms with Gasteiger partial charge in [-0.25, -0.2) is 14.8 Å². The lowest BCUT2D eigenvalue weighted by Crippen LogP contribution is -2.57. The number of likely N-dealkylation sites (tertiary alicyclic amines) is 1. The van der Waals surface area contributed by atoms with Crippen molar-refractivity contribution >= 4 is 17.9 Å². The Bertz CT molecular complexity index is 930. The van der Waals surface area contributed by atoms with E-state index in [4.69, 9.17) is 0 Å². The van der Waals surface area contributed by atoms with Gasteiger partial charge in [0.1, 0.15) is 0 Å². The number of hydrogen-bond donors (Lipinski definition) is 2. The summed E-state index contributed by atoms with van der Waals surface area (Å²) in [5.41, 5.74) is 0.986. The van der Waals surface area contributed by atoms with E-state index >= 15 is 0 Å². The number of amides is 3. The summed E-state index contributed by atoms with van der Waals surface area (Å²) in [5, 5.41) is 6.34. The van der Waals surface area contributed by atoms with Gasteiger partial charge in [-0.15, -0.1) is 0 Å². The Morgan fingerprint density at radius 2 is 1.84 bits per heavy atom. The van der Waals surface area contributed by atoms with E-state index in [1.165, 1.54) is 5.56 Å². The van der Waals surface area contributed by atoms with Gasteiger partial charge >= 0.3 is 6.03 Å². The van der Waals surface area contributed by atoms with Crippen LogP contribution in [0.4, 0.5) is 10.7 Å². The highest BCUT2D eigenvalue weighted by Gasteiger charge is 2.57. The number of benzene rings is 1. The Hall–Kier alpha value is -3.16. The number of carbonyl (C=O) groups is 2. The SMILES string of the molecule is O=C1NC2(CCN(C(=O)NCCc3ccccc3)CC2)[C@@H]2CN(c3ncccn3)C[C@H]12. The average molecular weight is 421 g/mol. The second-order valence-electron chi connectivity index (χ2n) is 8.77. The molecule has 3 aliphatic heterocycles. The molecule has 1 aromatic heterocycles. The predicted molar refractivity (Wildman–Crippen MR) is 116 cm³/mol. The summed E-state index contributed by atoms with van der Waals surface area (Å²) in [6.45, 7) is 3.37. The fraction of sp³-hybridized carbons (Fsp3) is 0.478. The maximum atomic E-state index is 12.7. The van der Waals surface area contributed by atoms with Gasteiger partial charge in [-0.3, -0.25) is 4.79 Å². The molecule has 0 saturated carbocycles. The molecule has 8 nitrogen and oxygen atoms in total. The van der Waals surface area contributed by atoms with Gasteiger partial charge in [0.15, 0.2) is 0 Å². The van der Waals surface area contributed by atoms with Gasteiger partial charge in [0, 0.05) is 56.6 Å². The molecule has 4 heterocycles. The van der Waals surface area contributed by atoms with E-state index < -0.39 is 0 Å². The molecule has 2 N–H and O–H groups in total. The lowest BCUT2D eigenvalue weighted by molar-refractivity contribution is -0.122. The highest BCUT2D eigenvalue weighted by atomic mass is 16.2. The first-order valence-electron chi connectivity index (χ1n) is 11.1. The quantitative estimate of drug-likeness (QED) is 0.781. The number of fused-ring (bicyclic) bond motifs is 2. The summed E-state index contributed by atoms with van der Waals surface area (Å²) < 4.78 is 0. The molecule has 0 aliphatic carbocycles. The van der Waals surface area contributed by atoms with Gasteiger partial charge in [0.25, 0.3) is 0 Å². The highest BCUT2D eigenvalue weighted by molar-refractivity contribution is 5.84. The van der Waals surface area contributed by atoms with Crippen molar-refractivity contribution in [1.82, 2.24) is 25.5 Å². The monoisotopic (exact) mass is 420 g/mol. The Kier molecular flexibility index (Phi) is 5.21. The van der Waals surface area contributed by atoms with Crippen molar-refractivity contribution in [3.05, 3.63) is 54.4 Å². The van der Waals surface area contributed by atoms with E-state index in [9.17, 15) is 9.59 Å². The first-order chi connectivity index (χ1) is 15.1. The van der Waals surface area contributed by atoms with E-state index in [1.807, 2.05) is 23.1 Å². The number of piperidine rings is 1. The zero-order chi connectivity index (χ0) is 21.3. The summed E-state index contributed by atoms with van der Waals surface area (Å²) in [5.74, 6) is 1.02. The lowest BCUT2D eigenvalue weighted by atomic mass is 9.75. The van der Waals surface area contributed by atoms with E-state index in [2.05, 4.69) is 37.6 Å². The molecule has 2 aromatic rings. The van der Waals surface area contributed by atoms with Crippen molar-refractivity contribution in [1.29, 1.82) is 0 Å². The standard InChI is InChI=1S/C23H28N6O2/c30-20-18-15-29(21-24-10-4-11-25-21)16-19(18)23(27-20)8-13-28(14-9-23)22(31)26-12-7-17-5-2-1-3-6-17/h1-6,10-11,18-19H,7-9,12-16H2,(H,26,31)(H,27,30)/t18-,19+/m0/s1. The summed E-state index contributed by atoms with van der Waals surface area (Å²) in [7, 11) is 0. The molecular weight excluding hydrogens is 392 g/mol. The number of anilines is 1. The molecule has 0 unspecified atom stereocenters. The maximum Gasteiger partial charge on any atom is 0.317 e.